The molecule has 1 atom stereocenters. The number of pyridine rings is 1. The van der Waals surface area contributed by atoms with E-state index in [9.17, 15) is 9.18 Å². The number of carbonyl (C=O) groups excluding carboxylic acids is 1. The first-order chi connectivity index (χ1) is 12.7. The summed E-state index contributed by atoms with van der Waals surface area (Å²) >= 11 is 0. The number of hydrogen-bond acceptors (Lipinski definition) is 3. The fourth-order valence-corrected chi connectivity index (χ4v) is 3.11. The molecule has 2 heterocycles. The lowest BCUT2D eigenvalue weighted by Crippen LogP contribution is -2.37. The number of amides is 1. The molecule has 3 aromatic rings. The standard InChI is InChI=1S/C21H17FN2O2/c22-16-8-4-7-15(11-16)17-9-10-23-21-18(17)12-19(26-21)20(25)24-13-14-5-2-1-3-6-14/h1-11,19H,12-13H2,(H,24,25). The van der Waals surface area contributed by atoms with E-state index in [0.717, 1.165) is 22.3 Å². The highest BCUT2D eigenvalue weighted by molar-refractivity contribution is 5.83. The molecule has 1 N–H and O–H groups in total. The highest BCUT2D eigenvalue weighted by atomic mass is 19.1. The molecule has 0 bridgehead atoms. The number of fused-ring (bicyclic) bond motifs is 1. The zero-order valence-corrected chi connectivity index (χ0v) is 14.0. The molecule has 1 aliphatic rings. The van der Waals surface area contributed by atoms with Gasteiger partial charge in [0, 0.05) is 24.7 Å². The molecule has 1 aromatic heterocycles. The van der Waals surface area contributed by atoms with Gasteiger partial charge in [-0.15, -0.1) is 0 Å². The summed E-state index contributed by atoms with van der Waals surface area (Å²) in [5.41, 5.74) is 3.44. The van der Waals surface area contributed by atoms with E-state index >= 15 is 0 Å². The molecule has 4 nitrogen and oxygen atoms in total. The van der Waals surface area contributed by atoms with Gasteiger partial charge < -0.3 is 10.1 Å². The van der Waals surface area contributed by atoms with Crippen LogP contribution in [-0.4, -0.2) is 17.0 Å². The van der Waals surface area contributed by atoms with Gasteiger partial charge in [0.2, 0.25) is 5.88 Å². The van der Waals surface area contributed by atoms with E-state index in [1.807, 2.05) is 42.5 Å². The van der Waals surface area contributed by atoms with Gasteiger partial charge in [-0.3, -0.25) is 4.79 Å². The van der Waals surface area contributed by atoms with Gasteiger partial charge in [-0.25, -0.2) is 9.37 Å². The van der Waals surface area contributed by atoms with Gasteiger partial charge in [0.15, 0.2) is 6.10 Å². The van der Waals surface area contributed by atoms with Crippen molar-refractivity contribution in [2.75, 3.05) is 0 Å². The van der Waals surface area contributed by atoms with Crippen LogP contribution in [0.25, 0.3) is 11.1 Å². The third-order valence-corrected chi connectivity index (χ3v) is 4.40. The molecular formula is C21H17FN2O2. The van der Waals surface area contributed by atoms with E-state index in [4.69, 9.17) is 4.74 Å². The quantitative estimate of drug-likeness (QED) is 0.785. The van der Waals surface area contributed by atoms with Crippen molar-refractivity contribution in [1.29, 1.82) is 0 Å². The summed E-state index contributed by atoms with van der Waals surface area (Å²) in [4.78, 5) is 16.7. The first-order valence-corrected chi connectivity index (χ1v) is 8.43. The zero-order valence-electron chi connectivity index (χ0n) is 14.0. The van der Waals surface area contributed by atoms with Crippen LogP contribution in [0.3, 0.4) is 0 Å². The Morgan fingerprint density at radius 1 is 1.15 bits per heavy atom. The number of carbonyl (C=O) groups is 1. The second-order valence-electron chi connectivity index (χ2n) is 6.17. The monoisotopic (exact) mass is 348 g/mol. The lowest BCUT2D eigenvalue weighted by Gasteiger charge is -2.10. The SMILES string of the molecule is O=C(NCc1ccccc1)C1Cc2c(-c3cccc(F)c3)ccnc2O1. The van der Waals surface area contributed by atoms with E-state index in [1.54, 1.807) is 12.3 Å². The number of hydrogen-bond donors (Lipinski definition) is 1. The molecule has 2 aromatic carbocycles. The summed E-state index contributed by atoms with van der Waals surface area (Å²) < 4.78 is 19.3. The van der Waals surface area contributed by atoms with Crippen molar-refractivity contribution in [2.45, 2.75) is 19.1 Å². The van der Waals surface area contributed by atoms with Crippen molar-refractivity contribution in [1.82, 2.24) is 10.3 Å². The molecule has 130 valence electrons. The van der Waals surface area contributed by atoms with Crippen molar-refractivity contribution in [3.05, 3.63) is 83.8 Å². The summed E-state index contributed by atoms with van der Waals surface area (Å²) in [5, 5.41) is 2.89. The van der Waals surface area contributed by atoms with Gasteiger partial charge in [0.05, 0.1) is 0 Å². The van der Waals surface area contributed by atoms with E-state index in [-0.39, 0.29) is 11.7 Å². The van der Waals surface area contributed by atoms with Crippen LogP contribution < -0.4 is 10.1 Å². The average Bonchev–Trinajstić information content (AvgIpc) is 3.11. The van der Waals surface area contributed by atoms with E-state index in [0.29, 0.717) is 18.8 Å². The molecule has 0 saturated heterocycles. The summed E-state index contributed by atoms with van der Waals surface area (Å²) in [6.45, 7) is 0.445. The third kappa shape index (κ3) is 3.28. The van der Waals surface area contributed by atoms with Crippen LogP contribution >= 0.6 is 0 Å². The van der Waals surface area contributed by atoms with Crippen LogP contribution in [0.1, 0.15) is 11.1 Å². The Morgan fingerprint density at radius 3 is 2.81 bits per heavy atom. The molecular weight excluding hydrogens is 331 g/mol. The van der Waals surface area contributed by atoms with Crippen molar-refractivity contribution in [3.8, 4) is 17.0 Å². The Bertz CT molecular complexity index is 944. The highest BCUT2D eigenvalue weighted by Crippen LogP contribution is 2.35. The molecule has 0 fully saturated rings. The maximum absolute atomic E-state index is 13.6. The van der Waals surface area contributed by atoms with Crippen LogP contribution in [0, 0.1) is 5.82 Å². The van der Waals surface area contributed by atoms with Gasteiger partial charge >= 0.3 is 0 Å². The number of rotatable bonds is 4. The number of nitrogens with zero attached hydrogens (tertiary/aromatic N) is 1. The zero-order chi connectivity index (χ0) is 17.9. The molecule has 5 heteroatoms. The maximum atomic E-state index is 13.6. The van der Waals surface area contributed by atoms with Crippen molar-refractivity contribution in [3.63, 3.8) is 0 Å². The summed E-state index contributed by atoms with van der Waals surface area (Å²) in [6.07, 6.45) is 1.40. The first kappa shape index (κ1) is 16.3. The topological polar surface area (TPSA) is 51.2 Å². The van der Waals surface area contributed by atoms with Crippen LogP contribution in [0.4, 0.5) is 4.39 Å². The van der Waals surface area contributed by atoms with Crippen molar-refractivity contribution in [2.24, 2.45) is 0 Å². The van der Waals surface area contributed by atoms with E-state index in [2.05, 4.69) is 10.3 Å². The lowest BCUT2D eigenvalue weighted by molar-refractivity contribution is -0.127. The van der Waals surface area contributed by atoms with E-state index < -0.39 is 6.10 Å². The van der Waals surface area contributed by atoms with Crippen molar-refractivity contribution < 1.29 is 13.9 Å². The minimum atomic E-state index is -0.629. The minimum absolute atomic E-state index is 0.183. The Kier molecular flexibility index (Phi) is 4.35. The molecule has 0 radical (unpaired) electrons. The second kappa shape index (κ2) is 6.96. The second-order valence-corrected chi connectivity index (χ2v) is 6.17. The van der Waals surface area contributed by atoms with Crippen molar-refractivity contribution >= 4 is 5.91 Å². The normalized spacial score (nSPS) is 15.2. The van der Waals surface area contributed by atoms with Crippen LogP contribution in [0.5, 0.6) is 5.88 Å². The number of aromatic nitrogens is 1. The summed E-state index contributed by atoms with van der Waals surface area (Å²) in [6, 6.07) is 17.9. The van der Waals surface area contributed by atoms with Gasteiger partial charge in [0.1, 0.15) is 5.82 Å². The average molecular weight is 348 g/mol. The number of benzene rings is 2. The summed E-state index contributed by atoms with van der Waals surface area (Å²) in [7, 11) is 0. The largest absolute Gasteiger partial charge is 0.464 e. The molecule has 0 aliphatic carbocycles. The highest BCUT2D eigenvalue weighted by Gasteiger charge is 2.32. The Balaban J connectivity index is 1.50. The number of nitrogens with one attached hydrogen (secondary N) is 1. The van der Waals surface area contributed by atoms with Gasteiger partial charge in [0.25, 0.3) is 5.91 Å². The minimum Gasteiger partial charge on any atom is -0.464 e. The van der Waals surface area contributed by atoms with Crippen LogP contribution in [-0.2, 0) is 17.8 Å². The Morgan fingerprint density at radius 2 is 2.00 bits per heavy atom. The first-order valence-electron chi connectivity index (χ1n) is 8.43. The predicted molar refractivity (Wildman–Crippen MR) is 96.0 cm³/mol. The smallest absolute Gasteiger partial charge is 0.261 e. The molecule has 1 unspecified atom stereocenters. The molecule has 0 saturated carbocycles. The molecule has 1 aliphatic heterocycles. The number of halogens is 1. The van der Waals surface area contributed by atoms with Crippen LogP contribution in [0.2, 0.25) is 0 Å². The summed E-state index contributed by atoms with van der Waals surface area (Å²) in [5.74, 6) is -0.0483. The van der Waals surface area contributed by atoms with Crippen LogP contribution in [0.15, 0.2) is 66.9 Å². The van der Waals surface area contributed by atoms with Gasteiger partial charge in [-0.1, -0.05) is 42.5 Å². The molecule has 4 rings (SSSR count). The van der Waals surface area contributed by atoms with Gasteiger partial charge in [-0.2, -0.15) is 0 Å². The number of ether oxygens (including phenoxy) is 1. The Labute approximate surface area is 150 Å². The maximum Gasteiger partial charge on any atom is 0.261 e. The lowest BCUT2D eigenvalue weighted by atomic mass is 9.98. The van der Waals surface area contributed by atoms with Gasteiger partial charge in [-0.05, 0) is 34.9 Å². The fraction of sp³-hybridized carbons (Fsp3) is 0.143. The molecule has 0 spiro atoms. The molecule has 1 amide bonds. The molecule has 26 heavy (non-hydrogen) atoms. The predicted octanol–water partition coefficient (Wildman–Crippen LogP) is 3.51. The third-order valence-electron chi connectivity index (χ3n) is 4.40. The van der Waals surface area contributed by atoms with E-state index in [1.165, 1.54) is 12.1 Å². The Hall–Kier alpha value is -3.21. The fourth-order valence-electron chi connectivity index (χ4n) is 3.11.